The van der Waals surface area contributed by atoms with Crippen LogP contribution < -0.4 is 0 Å². The third kappa shape index (κ3) is 3.59. The van der Waals surface area contributed by atoms with Crippen molar-refractivity contribution >= 4 is 17.7 Å². The van der Waals surface area contributed by atoms with Gasteiger partial charge in [-0.3, -0.25) is 4.79 Å². The number of allylic oxidation sites excluding steroid dienone is 1. The fourth-order valence-electron chi connectivity index (χ4n) is 2.17. The van der Waals surface area contributed by atoms with Crippen LogP contribution in [0.15, 0.2) is 17.8 Å². The van der Waals surface area contributed by atoms with Gasteiger partial charge < -0.3 is 9.47 Å². The summed E-state index contributed by atoms with van der Waals surface area (Å²) < 4.78 is 1.97. The standard InChI is InChI=1S/C13H20N4OS/c1-3-7-17-11(2)14-15-13(17)19-10-12(18)16-8-5-4-6-9-16/h3H,1,4-10H2,2H3. The summed E-state index contributed by atoms with van der Waals surface area (Å²) in [7, 11) is 0. The Labute approximate surface area is 118 Å². The highest BCUT2D eigenvalue weighted by Crippen LogP contribution is 2.18. The summed E-state index contributed by atoms with van der Waals surface area (Å²) >= 11 is 1.46. The first-order chi connectivity index (χ1) is 9.22. The lowest BCUT2D eigenvalue weighted by Gasteiger charge is -2.26. The number of rotatable bonds is 5. The number of nitrogens with zero attached hydrogens (tertiary/aromatic N) is 4. The van der Waals surface area contributed by atoms with Crippen molar-refractivity contribution in [3.63, 3.8) is 0 Å². The van der Waals surface area contributed by atoms with Gasteiger partial charge in [-0.05, 0) is 26.2 Å². The molecule has 0 unspecified atom stereocenters. The van der Waals surface area contributed by atoms with Gasteiger partial charge in [0.1, 0.15) is 5.82 Å². The maximum Gasteiger partial charge on any atom is 0.233 e. The van der Waals surface area contributed by atoms with Gasteiger partial charge in [0.05, 0.1) is 5.75 Å². The topological polar surface area (TPSA) is 51.0 Å². The molecule has 1 saturated heterocycles. The second kappa shape index (κ2) is 6.75. The molecule has 1 aromatic heterocycles. The van der Waals surface area contributed by atoms with Gasteiger partial charge >= 0.3 is 0 Å². The van der Waals surface area contributed by atoms with Crippen molar-refractivity contribution in [2.24, 2.45) is 0 Å². The molecule has 0 aromatic carbocycles. The monoisotopic (exact) mass is 280 g/mol. The summed E-state index contributed by atoms with van der Waals surface area (Å²) in [5.41, 5.74) is 0. The van der Waals surface area contributed by atoms with Crippen molar-refractivity contribution in [3.05, 3.63) is 18.5 Å². The molecule has 0 atom stereocenters. The minimum atomic E-state index is 0.204. The molecule has 0 radical (unpaired) electrons. The van der Waals surface area contributed by atoms with Gasteiger partial charge in [0.25, 0.3) is 0 Å². The fraction of sp³-hybridized carbons (Fsp3) is 0.615. The summed E-state index contributed by atoms with van der Waals surface area (Å²) in [6.45, 7) is 8.12. The highest BCUT2D eigenvalue weighted by atomic mass is 32.2. The first kappa shape index (κ1) is 14.1. The molecule has 1 aliphatic rings. The first-order valence-electron chi connectivity index (χ1n) is 6.63. The Balaban J connectivity index is 1.90. The number of hydrogen-bond acceptors (Lipinski definition) is 4. The second-order valence-corrected chi connectivity index (χ2v) is 5.60. The van der Waals surface area contributed by atoms with Crippen molar-refractivity contribution in [1.82, 2.24) is 19.7 Å². The first-order valence-corrected chi connectivity index (χ1v) is 7.62. The molecular weight excluding hydrogens is 260 g/mol. The van der Waals surface area contributed by atoms with Crippen LogP contribution in [-0.2, 0) is 11.3 Å². The van der Waals surface area contributed by atoms with Crippen LogP contribution in [0.5, 0.6) is 0 Å². The number of hydrogen-bond donors (Lipinski definition) is 0. The fourth-order valence-corrected chi connectivity index (χ4v) is 3.06. The lowest BCUT2D eigenvalue weighted by Crippen LogP contribution is -2.36. The van der Waals surface area contributed by atoms with Crippen molar-refractivity contribution in [3.8, 4) is 0 Å². The zero-order valence-corrected chi connectivity index (χ0v) is 12.2. The summed E-state index contributed by atoms with van der Waals surface area (Å²) in [6.07, 6.45) is 5.31. The maximum atomic E-state index is 12.1. The van der Waals surface area contributed by atoms with Gasteiger partial charge in [-0.15, -0.1) is 16.8 Å². The summed E-state index contributed by atoms with van der Waals surface area (Å²) in [5.74, 6) is 1.50. The molecule has 1 amide bonds. The highest BCUT2D eigenvalue weighted by Gasteiger charge is 2.18. The minimum absolute atomic E-state index is 0.204. The van der Waals surface area contributed by atoms with Crippen molar-refractivity contribution < 1.29 is 4.79 Å². The van der Waals surface area contributed by atoms with Crippen molar-refractivity contribution in [2.45, 2.75) is 37.9 Å². The Hall–Kier alpha value is -1.30. The van der Waals surface area contributed by atoms with Gasteiger partial charge in [0.15, 0.2) is 5.16 Å². The number of piperidine rings is 1. The van der Waals surface area contributed by atoms with Crippen LogP contribution in [0.3, 0.4) is 0 Å². The smallest absolute Gasteiger partial charge is 0.233 e. The average Bonchev–Trinajstić information content (AvgIpc) is 2.79. The van der Waals surface area contributed by atoms with E-state index in [0.717, 1.165) is 36.9 Å². The average molecular weight is 280 g/mol. The normalized spacial score (nSPS) is 15.5. The van der Waals surface area contributed by atoms with E-state index >= 15 is 0 Å². The Morgan fingerprint density at radius 1 is 1.37 bits per heavy atom. The van der Waals surface area contributed by atoms with E-state index < -0.39 is 0 Å². The Morgan fingerprint density at radius 3 is 2.79 bits per heavy atom. The van der Waals surface area contributed by atoms with E-state index in [-0.39, 0.29) is 5.91 Å². The molecule has 2 heterocycles. The molecular formula is C13H20N4OS. The molecule has 19 heavy (non-hydrogen) atoms. The van der Waals surface area contributed by atoms with Crippen LogP contribution in [0.25, 0.3) is 0 Å². The third-order valence-corrected chi connectivity index (χ3v) is 4.20. The number of aryl methyl sites for hydroxylation is 1. The SMILES string of the molecule is C=CCn1c(C)nnc1SCC(=O)N1CCCCC1. The van der Waals surface area contributed by atoms with E-state index in [0.29, 0.717) is 12.3 Å². The van der Waals surface area contributed by atoms with E-state index in [1.807, 2.05) is 22.5 Å². The van der Waals surface area contributed by atoms with Crippen molar-refractivity contribution in [1.29, 1.82) is 0 Å². The lowest BCUT2D eigenvalue weighted by atomic mass is 10.1. The van der Waals surface area contributed by atoms with E-state index in [1.165, 1.54) is 18.2 Å². The van der Waals surface area contributed by atoms with Gasteiger partial charge in [-0.1, -0.05) is 17.8 Å². The zero-order valence-electron chi connectivity index (χ0n) is 11.3. The molecule has 1 aliphatic heterocycles. The molecule has 6 heteroatoms. The van der Waals surface area contributed by atoms with Gasteiger partial charge in [-0.25, -0.2) is 0 Å². The quantitative estimate of drug-likeness (QED) is 0.610. The van der Waals surface area contributed by atoms with Crippen LogP contribution in [0.4, 0.5) is 0 Å². The maximum absolute atomic E-state index is 12.1. The third-order valence-electron chi connectivity index (χ3n) is 3.25. The van der Waals surface area contributed by atoms with Gasteiger partial charge in [-0.2, -0.15) is 0 Å². The molecule has 0 aliphatic carbocycles. The van der Waals surface area contributed by atoms with E-state index in [1.54, 1.807) is 0 Å². The van der Waals surface area contributed by atoms with Crippen LogP contribution in [0.1, 0.15) is 25.1 Å². The van der Waals surface area contributed by atoms with Crippen LogP contribution in [0.2, 0.25) is 0 Å². The predicted octanol–water partition coefficient (Wildman–Crippen LogP) is 1.88. The predicted molar refractivity (Wildman–Crippen MR) is 76.1 cm³/mol. The van der Waals surface area contributed by atoms with E-state index in [2.05, 4.69) is 16.8 Å². The summed E-state index contributed by atoms with van der Waals surface area (Å²) in [6, 6.07) is 0. The Morgan fingerprint density at radius 2 is 2.11 bits per heavy atom. The van der Waals surface area contributed by atoms with Crippen LogP contribution in [0, 0.1) is 6.92 Å². The molecule has 1 aromatic rings. The van der Waals surface area contributed by atoms with Gasteiger partial charge in [0, 0.05) is 19.6 Å². The summed E-state index contributed by atoms with van der Waals surface area (Å²) in [4.78, 5) is 14.0. The molecule has 1 fully saturated rings. The van der Waals surface area contributed by atoms with E-state index in [9.17, 15) is 4.79 Å². The Bertz CT molecular complexity index is 451. The van der Waals surface area contributed by atoms with Crippen LogP contribution in [-0.4, -0.2) is 44.4 Å². The molecule has 0 bridgehead atoms. The van der Waals surface area contributed by atoms with E-state index in [4.69, 9.17) is 0 Å². The molecule has 5 nitrogen and oxygen atoms in total. The number of likely N-dealkylation sites (tertiary alicyclic amines) is 1. The van der Waals surface area contributed by atoms with Crippen molar-refractivity contribution in [2.75, 3.05) is 18.8 Å². The Kier molecular flexibility index (Phi) is 5.01. The molecule has 2 rings (SSSR count). The van der Waals surface area contributed by atoms with Crippen LogP contribution >= 0.6 is 11.8 Å². The number of amides is 1. The molecule has 0 saturated carbocycles. The molecule has 0 spiro atoms. The number of aromatic nitrogens is 3. The zero-order chi connectivity index (χ0) is 13.7. The second-order valence-electron chi connectivity index (χ2n) is 4.66. The number of carbonyl (C=O) groups is 1. The largest absolute Gasteiger partial charge is 0.342 e. The lowest BCUT2D eigenvalue weighted by molar-refractivity contribution is -0.129. The summed E-state index contributed by atoms with van der Waals surface area (Å²) in [5, 5.41) is 8.95. The molecule has 104 valence electrons. The number of carbonyl (C=O) groups excluding carboxylic acids is 1. The van der Waals surface area contributed by atoms with Gasteiger partial charge in [0.2, 0.25) is 5.91 Å². The minimum Gasteiger partial charge on any atom is -0.342 e. The molecule has 0 N–H and O–H groups in total. The number of thioether (sulfide) groups is 1. The highest BCUT2D eigenvalue weighted by molar-refractivity contribution is 7.99.